The number of aromatic nitrogens is 1. The van der Waals surface area contributed by atoms with E-state index in [1.807, 2.05) is 19.2 Å². The molecule has 1 aromatic heterocycles. The first-order chi connectivity index (χ1) is 9.47. The van der Waals surface area contributed by atoms with Crippen molar-refractivity contribution in [3.63, 3.8) is 0 Å². The number of piperidine rings is 1. The van der Waals surface area contributed by atoms with Crippen molar-refractivity contribution in [1.82, 2.24) is 15.2 Å². The number of nitrogens with one attached hydrogen (secondary N) is 1. The van der Waals surface area contributed by atoms with Gasteiger partial charge in [-0.25, -0.2) is 14.6 Å². The van der Waals surface area contributed by atoms with E-state index in [4.69, 9.17) is 0 Å². The van der Waals surface area contributed by atoms with Crippen LogP contribution in [0.25, 0.3) is 0 Å². The number of nitrogens with zero attached hydrogens (tertiary/aromatic N) is 2. The second kappa shape index (κ2) is 6.21. The highest BCUT2D eigenvalue weighted by molar-refractivity contribution is 7.09. The van der Waals surface area contributed by atoms with Crippen molar-refractivity contribution < 1.29 is 14.7 Å². The minimum absolute atomic E-state index is 0.322. The van der Waals surface area contributed by atoms with Crippen LogP contribution in [0.2, 0.25) is 0 Å². The number of aryl methyl sites for hydroxylation is 1. The molecule has 2 heterocycles. The number of hydrogen-bond acceptors (Lipinski definition) is 4. The molecule has 0 aliphatic carbocycles. The summed E-state index contributed by atoms with van der Waals surface area (Å²) in [7, 11) is 0. The first-order valence-corrected chi connectivity index (χ1v) is 7.53. The van der Waals surface area contributed by atoms with Gasteiger partial charge in [-0.2, -0.15) is 0 Å². The van der Waals surface area contributed by atoms with Crippen LogP contribution >= 0.6 is 11.3 Å². The summed E-state index contributed by atoms with van der Waals surface area (Å²) in [5, 5.41) is 14.7. The van der Waals surface area contributed by atoms with E-state index < -0.39 is 12.0 Å². The lowest BCUT2D eigenvalue weighted by atomic mass is 9.93. The molecule has 0 saturated carbocycles. The van der Waals surface area contributed by atoms with E-state index in [0.717, 1.165) is 17.1 Å². The average molecular weight is 297 g/mol. The Hall–Kier alpha value is -1.63. The van der Waals surface area contributed by atoms with Gasteiger partial charge in [0.1, 0.15) is 11.0 Å². The van der Waals surface area contributed by atoms with E-state index in [2.05, 4.69) is 10.3 Å². The van der Waals surface area contributed by atoms with Gasteiger partial charge in [0.15, 0.2) is 0 Å². The summed E-state index contributed by atoms with van der Waals surface area (Å²) >= 11 is 1.49. The second-order valence-corrected chi connectivity index (χ2v) is 6.16. The first-order valence-electron chi connectivity index (χ1n) is 6.65. The first kappa shape index (κ1) is 14.8. The zero-order valence-electron chi connectivity index (χ0n) is 11.6. The van der Waals surface area contributed by atoms with Crippen LogP contribution in [0.4, 0.5) is 4.79 Å². The third-order valence-electron chi connectivity index (χ3n) is 3.47. The Morgan fingerprint density at radius 1 is 1.60 bits per heavy atom. The Morgan fingerprint density at radius 3 is 2.95 bits per heavy atom. The summed E-state index contributed by atoms with van der Waals surface area (Å²) in [5.74, 6) is -0.599. The van der Waals surface area contributed by atoms with Crippen LogP contribution in [0, 0.1) is 12.8 Å². The van der Waals surface area contributed by atoms with E-state index in [0.29, 0.717) is 25.4 Å². The van der Waals surface area contributed by atoms with E-state index in [1.54, 1.807) is 0 Å². The molecule has 2 atom stereocenters. The Bertz CT molecular complexity index is 503. The van der Waals surface area contributed by atoms with Crippen molar-refractivity contribution in [2.75, 3.05) is 6.54 Å². The van der Waals surface area contributed by atoms with E-state index >= 15 is 0 Å². The summed E-state index contributed by atoms with van der Waals surface area (Å²) in [6.45, 7) is 4.74. The van der Waals surface area contributed by atoms with Gasteiger partial charge in [-0.3, -0.25) is 0 Å². The molecule has 6 nitrogen and oxygen atoms in total. The highest BCUT2D eigenvalue weighted by atomic mass is 32.1. The number of aliphatic carboxylic acids is 1. The molecule has 0 aromatic carbocycles. The predicted molar refractivity (Wildman–Crippen MR) is 75.6 cm³/mol. The molecule has 2 rings (SSSR count). The lowest BCUT2D eigenvalue weighted by Crippen LogP contribution is -2.53. The smallest absolute Gasteiger partial charge is 0.326 e. The van der Waals surface area contributed by atoms with E-state index in [-0.39, 0.29) is 6.03 Å². The third-order valence-corrected chi connectivity index (χ3v) is 4.43. The zero-order chi connectivity index (χ0) is 14.7. The zero-order valence-corrected chi connectivity index (χ0v) is 12.4. The van der Waals surface area contributed by atoms with E-state index in [9.17, 15) is 14.7 Å². The van der Waals surface area contributed by atoms with Crippen LogP contribution in [0.3, 0.4) is 0 Å². The fraction of sp³-hybridized carbons (Fsp3) is 0.615. The average Bonchev–Trinajstić information content (AvgIpc) is 2.81. The highest BCUT2D eigenvalue weighted by Crippen LogP contribution is 2.22. The molecule has 1 fully saturated rings. The molecule has 1 saturated heterocycles. The lowest BCUT2D eigenvalue weighted by Gasteiger charge is -2.35. The predicted octanol–water partition coefficient (Wildman–Crippen LogP) is 1.85. The maximum atomic E-state index is 12.1. The molecule has 0 radical (unpaired) electrons. The van der Waals surface area contributed by atoms with Crippen LogP contribution in [0.1, 0.15) is 30.5 Å². The minimum atomic E-state index is -0.934. The van der Waals surface area contributed by atoms with Gasteiger partial charge in [0.05, 0.1) is 6.54 Å². The summed E-state index contributed by atoms with van der Waals surface area (Å²) in [6, 6.07) is -1.05. The van der Waals surface area contributed by atoms with Crippen molar-refractivity contribution >= 4 is 23.3 Å². The van der Waals surface area contributed by atoms with Crippen LogP contribution in [0.15, 0.2) is 5.38 Å². The van der Waals surface area contributed by atoms with Gasteiger partial charge in [-0.05, 0) is 25.7 Å². The summed E-state index contributed by atoms with van der Waals surface area (Å²) in [5.41, 5.74) is 0.925. The monoisotopic (exact) mass is 297 g/mol. The number of carbonyl (C=O) groups is 2. The van der Waals surface area contributed by atoms with Gasteiger partial charge in [0.2, 0.25) is 0 Å². The van der Waals surface area contributed by atoms with Crippen LogP contribution in [-0.4, -0.2) is 39.6 Å². The molecule has 0 bridgehead atoms. The molecule has 2 amide bonds. The SMILES string of the molecule is Cc1csc(CNC(=O)N2CCC(C)CC2C(=O)O)n1. The molecule has 2 N–H and O–H groups in total. The molecule has 1 aromatic rings. The third kappa shape index (κ3) is 3.47. The standard InChI is InChI=1S/C13H19N3O3S/c1-8-3-4-16(10(5-8)12(17)18)13(19)14-6-11-15-9(2)7-20-11/h7-8,10H,3-6H2,1-2H3,(H,14,19)(H,17,18). The Kier molecular flexibility index (Phi) is 4.59. The lowest BCUT2D eigenvalue weighted by molar-refractivity contribution is -0.143. The van der Waals surface area contributed by atoms with Gasteiger partial charge in [0, 0.05) is 17.6 Å². The van der Waals surface area contributed by atoms with Crippen molar-refractivity contribution in [3.05, 3.63) is 16.1 Å². The van der Waals surface area contributed by atoms with Crippen molar-refractivity contribution in [1.29, 1.82) is 0 Å². The summed E-state index contributed by atoms with van der Waals surface area (Å²) in [6.07, 6.45) is 1.35. The van der Waals surface area contributed by atoms with Gasteiger partial charge in [0.25, 0.3) is 0 Å². The molecule has 7 heteroatoms. The normalized spacial score (nSPS) is 22.6. The molecular formula is C13H19N3O3S. The number of amides is 2. The topological polar surface area (TPSA) is 82.5 Å². The number of likely N-dealkylation sites (tertiary alicyclic amines) is 1. The molecule has 2 unspecified atom stereocenters. The molecule has 1 aliphatic heterocycles. The van der Waals surface area contributed by atoms with Gasteiger partial charge < -0.3 is 15.3 Å². The molecule has 20 heavy (non-hydrogen) atoms. The number of carbonyl (C=O) groups excluding carboxylic acids is 1. The number of hydrogen-bond donors (Lipinski definition) is 2. The number of thiazole rings is 1. The van der Waals surface area contributed by atoms with Crippen LogP contribution < -0.4 is 5.32 Å². The van der Waals surface area contributed by atoms with Crippen LogP contribution in [-0.2, 0) is 11.3 Å². The largest absolute Gasteiger partial charge is 0.480 e. The quantitative estimate of drug-likeness (QED) is 0.892. The molecule has 1 aliphatic rings. The molecule has 0 spiro atoms. The fourth-order valence-electron chi connectivity index (χ4n) is 2.36. The molecular weight excluding hydrogens is 278 g/mol. The Labute approximate surface area is 121 Å². The maximum Gasteiger partial charge on any atom is 0.326 e. The number of carboxylic acids is 1. The second-order valence-electron chi connectivity index (χ2n) is 5.22. The van der Waals surface area contributed by atoms with Crippen LogP contribution in [0.5, 0.6) is 0 Å². The number of rotatable bonds is 3. The van der Waals surface area contributed by atoms with Gasteiger partial charge in [-0.15, -0.1) is 11.3 Å². The van der Waals surface area contributed by atoms with E-state index in [1.165, 1.54) is 16.2 Å². The highest BCUT2D eigenvalue weighted by Gasteiger charge is 2.34. The minimum Gasteiger partial charge on any atom is -0.480 e. The Balaban J connectivity index is 1.94. The fourth-order valence-corrected chi connectivity index (χ4v) is 3.07. The van der Waals surface area contributed by atoms with Gasteiger partial charge in [-0.1, -0.05) is 6.92 Å². The van der Waals surface area contributed by atoms with Crippen molar-refractivity contribution in [3.8, 4) is 0 Å². The summed E-state index contributed by atoms with van der Waals surface area (Å²) < 4.78 is 0. The number of carboxylic acid groups (broad SMARTS) is 1. The number of urea groups is 1. The van der Waals surface area contributed by atoms with Gasteiger partial charge >= 0.3 is 12.0 Å². The van der Waals surface area contributed by atoms with Crippen molar-refractivity contribution in [2.24, 2.45) is 5.92 Å². The van der Waals surface area contributed by atoms with Crippen molar-refractivity contribution in [2.45, 2.75) is 39.3 Å². The molecule has 110 valence electrons. The maximum absolute atomic E-state index is 12.1. The Morgan fingerprint density at radius 2 is 2.35 bits per heavy atom. The summed E-state index contributed by atoms with van der Waals surface area (Å²) in [4.78, 5) is 29.1.